The first-order valence-corrected chi connectivity index (χ1v) is 5.22. The molecule has 1 unspecified atom stereocenters. The summed E-state index contributed by atoms with van der Waals surface area (Å²) >= 11 is 0. The van der Waals surface area contributed by atoms with Gasteiger partial charge in [0.2, 0.25) is 0 Å². The Labute approximate surface area is 82.1 Å². The van der Waals surface area contributed by atoms with Crippen LogP contribution in [0.1, 0.15) is 12.8 Å². The van der Waals surface area contributed by atoms with Crippen LogP contribution in [0.5, 0.6) is 0 Å². The van der Waals surface area contributed by atoms with Gasteiger partial charge in [-0.15, -0.1) is 0 Å². The van der Waals surface area contributed by atoms with Crippen LogP contribution in [-0.4, -0.2) is 55.4 Å². The van der Waals surface area contributed by atoms with Crippen molar-refractivity contribution in [1.29, 1.82) is 0 Å². The van der Waals surface area contributed by atoms with Gasteiger partial charge in [0.05, 0.1) is 0 Å². The van der Waals surface area contributed by atoms with E-state index in [4.69, 9.17) is 0 Å². The molecule has 2 aliphatic heterocycles. The van der Waals surface area contributed by atoms with Crippen LogP contribution in [0.4, 0.5) is 12.9 Å². The van der Waals surface area contributed by atoms with Gasteiger partial charge in [-0.3, -0.25) is 4.90 Å². The summed E-state index contributed by atoms with van der Waals surface area (Å²) < 4.78 is 36.6. The Bertz CT molecular complexity index is 209. The molecule has 2 nitrogen and oxygen atoms in total. The molecule has 6 heteroatoms. The average Bonchev–Trinajstić information content (AvgIpc) is 2.47. The lowest BCUT2D eigenvalue weighted by molar-refractivity contribution is 0.111. The third-order valence-electron chi connectivity index (χ3n) is 3.14. The Morgan fingerprint density at radius 1 is 1.14 bits per heavy atom. The van der Waals surface area contributed by atoms with Crippen molar-refractivity contribution in [3.8, 4) is 0 Å². The Hall–Kier alpha value is -0.225. The van der Waals surface area contributed by atoms with Gasteiger partial charge in [0.15, 0.2) is 0 Å². The molecule has 0 aromatic carbocycles. The number of hydrogen-bond acceptors (Lipinski definition) is 2. The van der Waals surface area contributed by atoms with Crippen LogP contribution in [0, 0.1) is 0 Å². The van der Waals surface area contributed by atoms with Crippen LogP contribution in [0.2, 0.25) is 0 Å². The van der Waals surface area contributed by atoms with E-state index >= 15 is 0 Å². The number of nitrogens with zero attached hydrogens (tertiary/aromatic N) is 2. The molecule has 0 amide bonds. The number of rotatable bonds is 2. The lowest BCUT2D eigenvalue weighted by Gasteiger charge is -2.39. The van der Waals surface area contributed by atoms with Gasteiger partial charge in [-0.05, 0) is 25.8 Å². The van der Waals surface area contributed by atoms with Crippen LogP contribution in [0.3, 0.4) is 0 Å². The molecule has 2 saturated heterocycles. The fourth-order valence-electron chi connectivity index (χ4n) is 2.51. The summed E-state index contributed by atoms with van der Waals surface area (Å²) in [6, 6.07) is 0.391. The molecule has 0 bridgehead atoms. The molecule has 0 aliphatic carbocycles. The van der Waals surface area contributed by atoms with Gasteiger partial charge in [-0.1, -0.05) is 0 Å². The Kier molecular flexibility index (Phi) is 2.75. The van der Waals surface area contributed by atoms with Gasteiger partial charge in [0.1, 0.15) is 0 Å². The molecule has 2 heterocycles. The standard InChI is InChI=1S/C8H15BF3N2/c10-9(11,12)7-13-4-5-14-3-1-2-8(14)6-13/h8H,1-7H2/q-1. The van der Waals surface area contributed by atoms with Gasteiger partial charge >= 0.3 is 6.98 Å². The average molecular weight is 207 g/mol. The molecule has 1 atom stereocenters. The maximum absolute atomic E-state index is 12.2. The van der Waals surface area contributed by atoms with E-state index in [1.807, 2.05) is 0 Å². The van der Waals surface area contributed by atoms with Crippen molar-refractivity contribution in [3.05, 3.63) is 0 Å². The minimum Gasteiger partial charge on any atom is -0.448 e. The molecule has 0 saturated carbocycles. The van der Waals surface area contributed by atoms with Crippen LogP contribution in [0.15, 0.2) is 0 Å². The molecule has 82 valence electrons. The molecule has 0 N–H and O–H groups in total. The van der Waals surface area contributed by atoms with Crippen molar-refractivity contribution in [1.82, 2.24) is 9.80 Å². The summed E-state index contributed by atoms with van der Waals surface area (Å²) in [4.78, 5) is 3.88. The highest BCUT2D eigenvalue weighted by molar-refractivity contribution is 6.58. The van der Waals surface area contributed by atoms with Gasteiger partial charge < -0.3 is 17.8 Å². The molecule has 0 radical (unpaired) electrons. The van der Waals surface area contributed by atoms with Gasteiger partial charge in [-0.2, -0.15) is 0 Å². The summed E-state index contributed by atoms with van der Waals surface area (Å²) in [5.74, 6) is 0. The van der Waals surface area contributed by atoms with E-state index in [-0.39, 0.29) is 0 Å². The molecular weight excluding hydrogens is 192 g/mol. The summed E-state index contributed by atoms with van der Waals surface area (Å²) in [7, 11) is 0. The fourth-order valence-corrected chi connectivity index (χ4v) is 2.51. The summed E-state index contributed by atoms with van der Waals surface area (Å²) in [6.07, 6.45) is 1.54. The quantitative estimate of drug-likeness (QED) is 0.626. The first-order chi connectivity index (χ1) is 6.54. The maximum Gasteiger partial charge on any atom is 0.492 e. The van der Waals surface area contributed by atoms with E-state index in [1.165, 1.54) is 0 Å². The second-order valence-corrected chi connectivity index (χ2v) is 4.30. The Morgan fingerprint density at radius 3 is 2.64 bits per heavy atom. The van der Waals surface area contributed by atoms with Crippen molar-refractivity contribution < 1.29 is 12.9 Å². The monoisotopic (exact) mass is 207 g/mol. The van der Waals surface area contributed by atoms with Gasteiger partial charge in [0, 0.05) is 25.7 Å². The first kappa shape index (κ1) is 10.3. The van der Waals surface area contributed by atoms with E-state index in [0.717, 1.165) is 25.9 Å². The molecule has 0 aromatic rings. The first-order valence-electron chi connectivity index (χ1n) is 5.22. The lowest BCUT2D eigenvalue weighted by atomic mass is 9.90. The highest BCUT2D eigenvalue weighted by Crippen LogP contribution is 2.22. The number of fused-ring (bicyclic) bond motifs is 1. The normalized spacial score (nSPS) is 30.6. The lowest BCUT2D eigenvalue weighted by Crippen LogP contribution is -2.53. The largest absolute Gasteiger partial charge is 0.492 e. The minimum absolute atomic E-state index is 0.391. The van der Waals surface area contributed by atoms with Gasteiger partial charge in [-0.25, -0.2) is 0 Å². The zero-order chi connectivity index (χ0) is 10.2. The smallest absolute Gasteiger partial charge is 0.448 e. The highest BCUT2D eigenvalue weighted by atomic mass is 19.4. The van der Waals surface area contributed by atoms with E-state index < -0.39 is 13.4 Å². The fraction of sp³-hybridized carbons (Fsp3) is 1.00. The van der Waals surface area contributed by atoms with Crippen molar-refractivity contribution in [2.45, 2.75) is 18.9 Å². The molecular formula is C8H15BF3N2-. The molecule has 0 spiro atoms. The Morgan fingerprint density at radius 2 is 1.93 bits per heavy atom. The van der Waals surface area contributed by atoms with Crippen molar-refractivity contribution >= 4 is 6.98 Å². The number of piperazine rings is 1. The Balaban J connectivity index is 1.85. The predicted octanol–water partition coefficient (Wildman–Crippen LogP) is 1.15. The summed E-state index contributed by atoms with van der Waals surface area (Å²) in [5.41, 5.74) is 0. The topological polar surface area (TPSA) is 6.48 Å². The van der Waals surface area contributed by atoms with E-state index in [9.17, 15) is 12.9 Å². The minimum atomic E-state index is -4.64. The zero-order valence-electron chi connectivity index (χ0n) is 8.13. The summed E-state index contributed by atoms with van der Waals surface area (Å²) in [5, 5.41) is 0. The van der Waals surface area contributed by atoms with Crippen molar-refractivity contribution in [2.24, 2.45) is 0 Å². The zero-order valence-corrected chi connectivity index (χ0v) is 8.13. The van der Waals surface area contributed by atoms with Crippen molar-refractivity contribution in [2.75, 3.05) is 32.6 Å². The van der Waals surface area contributed by atoms with E-state index in [2.05, 4.69) is 4.90 Å². The van der Waals surface area contributed by atoms with E-state index in [0.29, 0.717) is 19.1 Å². The third kappa shape index (κ3) is 2.42. The van der Waals surface area contributed by atoms with Crippen LogP contribution in [0.25, 0.3) is 0 Å². The SMILES string of the molecule is F[B-](F)(F)CN1CCN2CCCC2C1. The molecule has 2 rings (SSSR count). The molecule has 2 fully saturated rings. The summed E-state index contributed by atoms with van der Waals surface area (Å²) in [6.45, 7) is -1.56. The molecule has 0 aromatic heterocycles. The molecule has 2 aliphatic rings. The number of hydrogen-bond donors (Lipinski definition) is 0. The van der Waals surface area contributed by atoms with Crippen LogP contribution in [-0.2, 0) is 0 Å². The predicted molar refractivity (Wildman–Crippen MR) is 50.1 cm³/mol. The second-order valence-electron chi connectivity index (χ2n) is 4.30. The maximum atomic E-state index is 12.2. The van der Waals surface area contributed by atoms with Crippen LogP contribution >= 0.6 is 0 Å². The van der Waals surface area contributed by atoms with E-state index in [1.54, 1.807) is 4.90 Å². The number of halogens is 3. The third-order valence-corrected chi connectivity index (χ3v) is 3.14. The second kappa shape index (κ2) is 3.74. The van der Waals surface area contributed by atoms with Crippen LogP contribution < -0.4 is 0 Å². The van der Waals surface area contributed by atoms with Crippen molar-refractivity contribution in [3.63, 3.8) is 0 Å². The molecule has 14 heavy (non-hydrogen) atoms. The van der Waals surface area contributed by atoms with Gasteiger partial charge in [0.25, 0.3) is 0 Å². The highest BCUT2D eigenvalue weighted by Gasteiger charge is 2.34.